The van der Waals surface area contributed by atoms with Crippen molar-refractivity contribution in [2.75, 3.05) is 12.5 Å². The Morgan fingerprint density at radius 3 is 2.58 bits per heavy atom. The average Bonchev–Trinajstić information content (AvgIpc) is 3.23. The molecule has 6 nitrogen and oxygen atoms in total. The first kappa shape index (κ1) is 24.4. The minimum absolute atomic E-state index is 0.178. The molecule has 3 aromatic rings. The lowest BCUT2D eigenvalue weighted by Crippen LogP contribution is -2.28. The van der Waals surface area contributed by atoms with E-state index < -0.39 is 24.4 Å². The van der Waals surface area contributed by atoms with Crippen LogP contribution in [0.5, 0.6) is 5.88 Å². The van der Waals surface area contributed by atoms with Gasteiger partial charge in [0.15, 0.2) is 12.3 Å². The van der Waals surface area contributed by atoms with E-state index in [2.05, 4.69) is 22.1 Å². The molecule has 172 valence electrons. The van der Waals surface area contributed by atoms with Crippen molar-refractivity contribution in [1.82, 2.24) is 15.1 Å². The van der Waals surface area contributed by atoms with E-state index in [1.54, 1.807) is 17.5 Å². The van der Waals surface area contributed by atoms with Gasteiger partial charge in [-0.3, -0.25) is 9.79 Å². The normalized spacial score (nSPS) is 11.8. The summed E-state index contributed by atoms with van der Waals surface area (Å²) in [6.45, 7) is 3.03. The highest BCUT2D eigenvalue weighted by molar-refractivity contribution is 8.02. The number of thioether (sulfide) groups is 1. The zero-order chi connectivity index (χ0) is 23.8. The number of nitrogens with zero attached hydrogens (tertiary/aromatic N) is 3. The van der Waals surface area contributed by atoms with E-state index in [0.717, 1.165) is 16.3 Å². The first-order valence-corrected chi connectivity index (χ1v) is 10.9. The second-order valence-corrected chi connectivity index (χ2v) is 7.72. The fraction of sp³-hybridized carbons (Fsp3) is 0.136. The van der Waals surface area contributed by atoms with E-state index in [4.69, 9.17) is 16.3 Å². The number of para-hydroxylation sites is 1. The van der Waals surface area contributed by atoms with Crippen LogP contribution in [-0.4, -0.2) is 34.9 Å². The molecule has 0 spiro atoms. The van der Waals surface area contributed by atoms with Gasteiger partial charge in [-0.1, -0.05) is 54.1 Å². The number of ether oxygens (including phenoxy) is 1. The molecule has 1 heterocycles. The van der Waals surface area contributed by atoms with Crippen LogP contribution in [0.25, 0.3) is 11.4 Å². The predicted octanol–water partition coefficient (Wildman–Crippen LogP) is 5.43. The molecule has 1 amide bonds. The summed E-state index contributed by atoms with van der Waals surface area (Å²) in [5.74, 6) is -0.587. The molecule has 2 aromatic carbocycles. The molecule has 3 rings (SSSR count). The summed E-state index contributed by atoms with van der Waals surface area (Å²) in [4.78, 5) is 16.1. The first-order chi connectivity index (χ1) is 15.8. The molecule has 0 aliphatic heterocycles. The Bertz CT molecular complexity index is 1150. The van der Waals surface area contributed by atoms with E-state index in [0.29, 0.717) is 5.70 Å². The molecule has 0 radical (unpaired) electrons. The van der Waals surface area contributed by atoms with Crippen molar-refractivity contribution in [3.05, 3.63) is 82.4 Å². The lowest BCUT2D eigenvalue weighted by Gasteiger charge is -2.10. The molecule has 1 aromatic heterocycles. The van der Waals surface area contributed by atoms with Gasteiger partial charge in [0.05, 0.1) is 22.3 Å². The third-order valence-electron chi connectivity index (χ3n) is 4.19. The van der Waals surface area contributed by atoms with Gasteiger partial charge in [0.2, 0.25) is 5.88 Å². The van der Waals surface area contributed by atoms with E-state index in [1.165, 1.54) is 23.9 Å². The lowest BCUT2D eigenvalue weighted by atomic mass is 10.2. The number of aliphatic imine (C=N–C) groups is 1. The van der Waals surface area contributed by atoms with Crippen LogP contribution in [0, 0.1) is 0 Å². The van der Waals surface area contributed by atoms with E-state index in [-0.39, 0.29) is 22.5 Å². The molecule has 0 aliphatic carbocycles. The number of aromatic nitrogens is 2. The van der Waals surface area contributed by atoms with Crippen molar-refractivity contribution in [2.24, 2.45) is 4.99 Å². The van der Waals surface area contributed by atoms with Crippen LogP contribution in [0.3, 0.4) is 0 Å². The van der Waals surface area contributed by atoms with E-state index in [9.17, 15) is 18.0 Å². The summed E-state index contributed by atoms with van der Waals surface area (Å²) in [6.07, 6.45) is -4.69. The van der Waals surface area contributed by atoms with Crippen LogP contribution in [-0.2, 0) is 11.0 Å². The highest BCUT2D eigenvalue weighted by Gasteiger charge is 2.36. The number of halogens is 4. The Kier molecular flexibility index (Phi) is 8.18. The van der Waals surface area contributed by atoms with E-state index >= 15 is 0 Å². The number of nitrogens with one attached hydrogen (secondary N) is 1. The molecule has 0 fully saturated rings. The zero-order valence-corrected chi connectivity index (χ0v) is 18.6. The molecule has 0 saturated heterocycles. The summed E-state index contributed by atoms with van der Waals surface area (Å²) in [7, 11) is 0. The van der Waals surface area contributed by atoms with Crippen LogP contribution < -0.4 is 10.1 Å². The number of rotatable bonds is 9. The molecular weight excluding hydrogens is 477 g/mol. The summed E-state index contributed by atoms with van der Waals surface area (Å²) in [5.41, 5.74) is 0.553. The van der Waals surface area contributed by atoms with Gasteiger partial charge in [-0.15, -0.1) is 11.8 Å². The SMILES string of the molecule is C=N/C(=C\SCNC(=O)COc1cc(C(F)(F)F)nn1-c1ccccc1Cl)c1ccccc1. The van der Waals surface area contributed by atoms with Crippen molar-refractivity contribution in [3.63, 3.8) is 0 Å². The average molecular weight is 495 g/mol. The summed E-state index contributed by atoms with van der Waals surface area (Å²) >= 11 is 7.36. The van der Waals surface area contributed by atoms with Crippen LogP contribution >= 0.6 is 23.4 Å². The van der Waals surface area contributed by atoms with Crippen molar-refractivity contribution in [2.45, 2.75) is 6.18 Å². The van der Waals surface area contributed by atoms with Crippen LogP contribution in [0.15, 0.2) is 71.1 Å². The minimum atomic E-state index is -4.69. The zero-order valence-electron chi connectivity index (χ0n) is 17.1. The predicted molar refractivity (Wildman–Crippen MR) is 124 cm³/mol. The number of hydrogen-bond acceptors (Lipinski definition) is 5. The van der Waals surface area contributed by atoms with Crippen molar-refractivity contribution >= 4 is 41.7 Å². The second kappa shape index (κ2) is 11.1. The van der Waals surface area contributed by atoms with Gasteiger partial charge in [-0.25, -0.2) is 0 Å². The molecule has 0 bridgehead atoms. The highest BCUT2D eigenvalue weighted by atomic mass is 35.5. The van der Waals surface area contributed by atoms with Gasteiger partial charge in [-0.2, -0.15) is 23.0 Å². The Morgan fingerprint density at radius 1 is 1.21 bits per heavy atom. The summed E-state index contributed by atoms with van der Waals surface area (Å²) in [5, 5.41) is 8.07. The molecule has 1 N–H and O–H groups in total. The first-order valence-electron chi connectivity index (χ1n) is 9.45. The maximum Gasteiger partial charge on any atom is 0.435 e. The second-order valence-electron chi connectivity index (χ2n) is 6.46. The number of amides is 1. The third-order valence-corrected chi connectivity index (χ3v) is 5.21. The maximum atomic E-state index is 13.2. The van der Waals surface area contributed by atoms with Gasteiger partial charge >= 0.3 is 6.18 Å². The Hall–Kier alpha value is -3.24. The van der Waals surface area contributed by atoms with Crippen molar-refractivity contribution in [1.29, 1.82) is 0 Å². The number of alkyl halides is 3. The molecule has 0 saturated carbocycles. The van der Waals surface area contributed by atoms with Gasteiger partial charge in [0.25, 0.3) is 5.91 Å². The summed E-state index contributed by atoms with van der Waals surface area (Å²) in [6, 6.07) is 16.3. The maximum absolute atomic E-state index is 13.2. The van der Waals surface area contributed by atoms with Gasteiger partial charge in [0, 0.05) is 11.6 Å². The van der Waals surface area contributed by atoms with Crippen LogP contribution in [0.2, 0.25) is 5.02 Å². The number of carbonyl (C=O) groups excluding carboxylic acids is 1. The Balaban J connectivity index is 1.62. The fourth-order valence-corrected chi connectivity index (χ4v) is 3.55. The standard InChI is InChI=1S/C22H18ClF3N4O2S/c1-27-17(15-7-3-2-4-8-15)13-33-14-28-20(31)12-32-21-11-19(22(24,25)26)29-30(21)18-10-6-5-9-16(18)23/h2-11,13H,1,12,14H2,(H,28,31)/b17-13-. The number of hydrogen-bond donors (Lipinski definition) is 1. The van der Waals surface area contributed by atoms with Crippen molar-refractivity contribution in [3.8, 4) is 11.6 Å². The minimum Gasteiger partial charge on any atom is -0.467 e. The van der Waals surface area contributed by atoms with Gasteiger partial charge in [-0.05, 0) is 24.3 Å². The third kappa shape index (κ3) is 6.62. The highest BCUT2D eigenvalue weighted by Crippen LogP contribution is 2.33. The van der Waals surface area contributed by atoms with E-state index in [1.807, 2.05) is 30.3 Å². The topological polar surface area (TPSA) is 68.5 Å². The smallest absolute Gasteiger partial charge is 0.435 e. The van der Waals surface area contributed by atoms with Crippen molar-refractivity contribution < 1.29 is 22.7 Å². The molecule has 11 heteroatoms. The molecule has 0 aliphatic rings. The number of benzene rings is 2. The molecular formula is C22H18ClF3N4O2S. The largest absolute Gasteiger partial charge is 0.467 e. The number of carbonyl (C=O) groups is 1. The quantitative estimate of drug-likeness (QED) is 0.245. The monoisotopic (exact) mass is 494 g/mol. The van der Waals surface area contributed by atoms with Crippen LogP contribution in [0.4, 0.5) is 13.2 Å². The van der Waals surface area contributed by atoms with Gasteiger partial charge < -0.3 is 10.1 Å². The molecule has 33 heavy (non-hydrogen) atoms. The lowest BCUT2D eigenvalue weighted by molar-refractivity contribution is -0.141. The molecule has 0 unspecified atom stereocenters. The van der Waals surface area contributed by atoms with Gasteiger partial charge in [0.1, 0.15) is 0 Å². The Morgan fingerprint density at radius 2 is 1.91 bits per heavy atom. The fourth-order valence-electron chi connectivity index (χ4n) is 2.64. The Labute approximate surface area is 197 Å². The molecule has 0 atom stereocenters. The van der Waals surface area contributed by atoms with Crippen LogP contribution in [0.1, 0.15) is 11.3 Å². The summed E-state index contributed by atoms with van der Waals surface area (Å²) < 4.78 is 45.7.